The van der Waals surface area contributed by atoms with Crippen LogP contribution in [0.15, 0.2) is 42.6 Å². The highest BCUT2D eigenvalue weighted by Gasteiger charge is 2.46. The molecule has 49 heavy (non-hydrogen) atoms. The van der Waals surface area contributed by atoms with Crippen molar-refractivity contribution in [1.82, 2.24) is 10.3 Å². The van der Waals surface area contributed by atoms with Gasteiger partial charge in [-0.3, -0.25) is 29.5 Å². The van der Waals surface area contributed by atoms with Gasteiger partial charge in [-0.15, -0.1) is 0 Å². The molecule has 0 saturated carbocycles. The van der Waals surface area contributed by atoms with Gasteiger partial charge < -0.3 is 18.9 Å². The molecular weight excluding hydrogens is 624 g/mol. The zero-order valence-electron chi connectivity index (χ0n) is 30.6. The number of aromatic nitrogens is 1. The number of epoxide rings is 1. The molecule has 2 heterocycles. The standard InChI is InChI=1S/C39H56N2O8/c1-25(2)33(42)15-18-46-22-39(23-47-19-16-34(43)26(3)4,24-48-20-17-35(44)27(5)6)41-38-37(49-38)30-11-9-29(10-12-30)32-14-13-31(21-40-32)36(45)28(7)8/h9-14,21,25-28,37-38,41H,15-20,22-24H2,1-8H3. The third kappa shape index (κ3) is 12.9. The van der Waals surface area contributed by atoms with Crippen LogP contribution >= 0.6 is 0 Å². The number of ether oxygens (including phenoxy) is 4. The molecule has 1 aromatic carbocycles. The molecular formula is C39H56N2O8. The summed E-state index contributed by atoms with van der Waals surface area (Å²) in [6, 6.07) is 11.6. The van der Waals surface area contributed by atoms with E-state index in [0.717, 1.165) is 16.8 Å². The van der Waals surface area contributed by atoms with E-state index in [0.29, 0.717) is 24.8 Å². The first-order valence-corrected chi connectivity index (χ1v) is 17.6. The van der Waals surface area contributed by atoms with Crippen LogP contribution in [0.4, 0.5) is 0 Å². The molecule has 1 aliphatic rings. The molecule has 0 spiro atoms. The molecule has 3 rings (SSSR count). The van der Waals surface area contributed by atoms with Crippen molar-refractivity contribution in [1.29, 1.82) is 0 Å². The minimum atomic E-state index is -0.874. The molecule has 0 aliphatic carbocycles. The molecule has 2 unspecified atom stereocenters. The van der Waals surface area contributed by atoms with E-state index in [9.17, 15) is 19.2 Å². The predicted molar refractivity (Wildman–Crippen MR) is 188 cm³/mol. The summed E-state index contributed by atoms with van der Waals surface area (Å²) in [7, 11) is 0. The van der Waals surface area contributed by atoms with Crippen LogP contribution in [0.5, 0.6) is 0 Å². The van der Waals surface area contributed by atoms with E-state index in [4.69, 9.17) is 18.9 Å². The largest absolute Gasteiger partial charge is 0.379 e. The second-order valence-corrected chi connectivity index (χ2v) is 14.2. The van der Waals surface area contributed by atoms with Gasteiger partial charge in [-0.1, -0.05) is 79.7 Å². The number of carbonyl (C=O) groups excluding carboxylic acids is 4. The van der Waals surface area contributed by atoms with Crippen molar-refractivity contribution >= 4 is 23.1 Å². The number of Topliss-reactive ketones (excluding diaryl/α,β-unsaturated/α-hetero) is 4. The molecule has 0 amide bonds. The number of rotatable bonds is 24. The van der Waals surface area contributed by atoms with Gasteiger partial charge in [-0.05, 0) is 17.7 Å². The predicted octanol–water partition coefficient (Wildman–Crippen LogP) is 6.21. The van der Waals surface area contributed by atoms with Gasteiger partial charge in [0.15, 0.2) is 5.78 Å². The van der Waals surface area contributed by atoms with Crippen LogP contribution in [0.2, 0.25) is 0 Å². The maximum Gasteiger partial charge on any atom is 0.166 e. The van der Waals surface area contributed by atoms with E-state index in [-0.39, 0.29) is 98.8 Å². The van der Waals surface area contributed by atoms with Crippen LogP contribution in [-0.4, -0.2) is 79.5 Å². The molecule has 1 saturated heterocycles. The number of ketones is 4. The summed E-state index contributed by atoms with van der Waals surface area (Å²) in [5.41, 5.74) is 2.38. The fourth-order valence-electron chi connectivity index (χ4n) is 5.10. The summed E-state index contributed by atoms with van der Waals surface area (Å²) in [6.45, 7) is 16.2. The van der Waals surface area contributed by atoms with Gasteiger partial charge in [0, 0.05) is 60.3 Å². The number of carbonyl (C=O) groups is 4. The normalized spacial score (nSPS) is 16.2. The Morgan fingerprint density at radius 3 is 1.55 bits per heavy atom. The SMILES string of the molecule is CC(C)C(=O)CCOCC(COCCC(=O)C(C)C)(COCCC(=O)C(C)C)NC1OC1c1ccc(-c2ccc(C(=O)C(C)C)cn2)cc1. The zero-order chi connectivity index (χ0) is 36.1. The molecule has 2 aromatic rings. The molecule has 1 aliphatic heterocycles. The van der Waals surface area contributed by atoms with Crippen LogP contribution in [0.3, 0.4) is 0 Å². The molecule has 1 N–H and O–H groups in total. The van der Waals surface area contributed by atoms with E-state index in [1.165, 1.54) is 0 Å². The number of pyridine rings is 1. The van der Waals surface area contributed by atoms with Crippen molar-refractivity contribution < 1.29 is 38.1 Å². The summed E-state index contributed by atoms with van der Waals surface area (Å²) < 4.78 is 24.3. The van der Waals surface area contributed by atoms with Gasteiger partial charge in [-0.2, -0.15) is 0 Å². The number of hydrogen-bond acceptors (Lipinski definition) is 10. The van der Waals surface area contributed by atoms with Crippen molar-refractivity contribution in [3.63, 3.8) is 0 Å². The molecule has 1 aromatic heterocycles. The van der Waals surface area contributed by atoms with Crippen molar-refractivity contribution in [3.8, 4) is 11.3 Å². The monoisotopic (exact) mass is 680 g/mol. The zero-order valence-corrected chi connectivity index (χ0v) is 30.6. The minimum Gasteiger partial charge on any atom is -0.379 e. The topological polar surface area (TPSA) is 133 Å². The van der Waals surface area contributed by atoms with Crippen molar-refractivity contribution in [2.45, 2.75) is 92.5 Å². The van der Waals surface area contributed by atoms with Gasteiger partial charge >= 0.3 is 0 Å². The second-order valence-electron chi connectivity index (χ2n) is 14.2. The molecule has 270 valence electrons. The van der Waals surface area contributed by atoms with Crippen LogP contribution in [0.1, 0.15) is 96.7 Å². The third-order valence-electron chi connectivity index (χ3n) is 8.59. The van der Waals surface area contributed by atoms with Gasteiger partial charge in [-0.25, -0.2) is 0 Å². The van der Waals surface area contributed by atoms with Crippen molar-refractivity contribution in [2.75, 3.05) is 39.6 Å². The Morgan fingerprint density at radius 2 is 1.16 bits per heavy atom. The van der Waals surface area contributed by atoms with E-state index in [1.54, 1.807) is 6.20 Å². The lowest BCUT2D eigenvalue weighted by atomic mass is 10.0. The first kappa shape index (κ1) is 40.3. The highest BCUT2D eigenvalue weighted by atomic mass is 16.6. The van der Waals surface area contributed by atoms with E-state index < -0.39 is 5.54 Å². The van der Waals surface area contributed by atoms with Crippen LogP contribution in [0, 0.1) is 23.7 Å². The summed E-state index contributed by atoms with van der Waals surface area (Å²) >= 11 is 0. The average Bonchev–Trinajstić information content (AvgIpc) is 3.84. The van der Waals surface area contributed by atoms with Crippen LogP contribution < -0.4 is 5.32 Å². The molecule has 1 fully saturated rings. The van der Waals surface area contributed by atoms with Crippen molar-refractivity contribution in [2.24, 2.45) is 23.7 Å². The first-order valence-electron chi connectivity index (χ1n) is 17.6. The molecule has 0 radical (unpaired) electrons. The maximum absolute atomic E-state index is 12.3. The Morgan fingerprint density at radius 1 is 0.694 bits per heavy atom. The summed E-state index contributed by atoms with van der Waals surface area (Å²) in [5, 5.41) is 3.56. The highest BCUT2D eigenvalue weighted by Crippen LogP contribution is 2.39. The van der Waals surface area contributed by atoms with E-state index >= 15 is 0 Å². The smallest absolute Gasteiger partial charge is 0.166 e. The molecule has 10 heteroatoms. The molecule has 2 atom stereocenters. The summed E-state index contributed by atoms with van der Waals surface area (Å²) in [5.74, 6) is 0.101. The number of nitrogens with zero attached hydrogens (tertiary/aromatic N) is 1. The van der Waals surface area contributed by atoms with Gasteiger partial charge in [0.1, 0.15) is 29.7 Å². The Hall–Kier alpha value is -3.15. The Labute approximate surface area is 292 Å². The number of hydrogen-bond donors (Lipinski definition) is 1. The summed E-state index contributed by atoms with van der Waals surface area (Å²) in [4.78, 5) is 53.5. The van der Waals surface area contributed by atoms with Crippen molar-refractivity contribution in [3.05, 3.63) is 53.7 Å². The lowest BCUT2D eigenvalue weighted by molar-refractivity contribution is -0.123. The fraction of sp³-hybridized carbons (Fsp3) is 0.615. The minimum absolute atomic E-state index is 0.0632. The van der Waals surface area contributed by atoms with E-state index in [2.05, 4.69) is 10.3 Å². The number of benzene rings is 1. The Balaban J connectivity index is 1.73. The quantitative estimate of drug-likeness (QED) is 0.0775. The Bertz CT molecular complexity index is 1300. The van der Waals surface area contributed by atoms with Gasteiger partial charge in [0.25, 0.3) is 0 Å². The Kier molecular flexibility index (Phi) is 15.9. The molecule has 0 bridgehead atoms. The first-order chi connectivity index (χ1) is 23.2. The molecule has 10 nitrogen and oxygen atoms in total. The number of nitrogens with one attached hydrogen (secondary N) is 1. The highest BCUT2D eigenvalue weighted by molar-refractivity contribution is 5.97. The average molecular weight is 681 g/mol. The van der Waals surface area contributed by atoms with Crippen LogP contribution in [0.25, 0.3) is 11.3 Å². The maximum atomic E-state index is 12.3. The fourth-order valence-corrected chi connectivity index (χ4v) is 5.10. The van der Waals surface area contributed by atoms with E-state index in [1.807, 2.05) is 91.8 Å². The van der Waals surface area contributed by atoms with Gasteiger partial charge in [0.05, 0.1) is 50.9 Å². The van der Waals surface area contributed by atoms with Crippen LogP contribution in [-0.2, 0) is 33.3 Å². The third-order valence-corrected chi connectivity index (χ3v) is 8.59. The lowest BCUT2D eigenvalue weighted by Gasteiger charge is -2.34. The second kappa shape index (κ2) is 19.3. The lowest BCUT2D eigenvalue weighted by Crippen LogP contribution is -2.58. The summed E-state index contributed by atoms with van der Waals surface area (Å²) in [6.07, 6.45) is 1.90. The van der Waals surface area contributed by atoms with Gasteiger partial charge in [0.2, 0.25) is 0 Å².